The van der Waals surface area contributed by atoms with Gasteiger partial charge in [0, 0.05) is 48.2 Å². The van der Waals surface area contributed by atoms with E-state index in [1.807, 2.05) is 36.4 Å². The third-order valence-electron chi connectivity index (χ3n) is 6.48. The van der Waals surface area contributed by atoms with Gasteiger partial charge in [0.25, 0.3) is 0 Å². The molecule has 0 amide bonds. The van der Waals surface area contributed by atoms with Gasteiger partial charge in [-0.3, -0.25) is 4.98 Å². The maximum atomic E-state index is 13.3. The molecule has 186 valence electrons. The minimum atomic E-state index is -0.911. The number of rotatable bonds is 3. The first-order valence-electron chi connectivity index (χ1n) is 12.2. The Kier molecular flexibility index (Phi) is 7.05. The van der Waals surface area contributed by atoms with E-state index in [4.69, 9.17) is 10.1 Å². The van der Waals surface area contributed by atoms with Gasteiger partial charge in [0.2, 0.25) is 0 Å². The molecule has 2 N–H and O–H groups in total. The largest absolute Gasteiger partial charge is 0.478 e. The Bertz CT molecular complexity index is 1560. The van der Waals surface area contributed by atoms with Crippen LogP contribution in [0.15, 0.2) is 91.1 Å². The molecule has 1 fully saturated rings. The van der Waals surface area contributed by atoms with E-state index in [0.717, 1.165) is 58.4 Å². The summed E-state index contributed by atoms with van der Waals surface area (Å²) >= 11 is 0. The normalized spacial score (nSPS) is 15.3. The van der Waals surface area contributed by atoms with Crippen molar-refractivity contribution in [2.24, 2.45) is 0 Å². The molecule has 1 atom stereocenters. The first-order valence-corrected chi connectivity index (χ1v) is 12.2. The summed E-state index contributed by atoms with van der Waals surface area (Å²) in [6, 6.07) is 25.9. The molecule has 1 aliphatic rings. The molecule has 3 aromatic carbocycles. The third kappa shape index (κ3) is 5.42. The van der Waals surface area contributed by atoms with Crippen molar-refractivity contribution in [2.75, 3.05) is 24.5 Å². The molecule has 0 radical (unpaired) electrons. The molecule has 6 nitrogen and oxygen atoms in total. The summed E-state index contributed by atoms with van der Waals surface area (Å²) in [6.07, 6.45) is 1.68. The molecule has 1 saturated heterocycles. The van der Waals surface area contributed by atoms with Gasteiger partial charge in [-0.2, -0.15) is 0 Å². The van der Waals surface area contributed by atoms with E-state index in [0.29, 0.717) is 11.6 Å². The van der Waals surface area contributed by atoms with Crippen molar-refractivity contribution in [1.82, 2.24) is 15.3 Å². The topological polar surface area (TPSA) is 78.4 Å². The molecule has 5 aromatic rings. The van der Waals surface area contributed by atoms with E-state index >= 15 is 0 Å². The number of hydrogen-bond donors (Lipinski definition) is 2. The fourth-order valence-electron chi connectivity index (χ4n) is 4.55. The predicted molar refractivity (Wildman–Crippen MR) is 146 cm³/mol. The highest BCUT2D eigenvalue weighted by Gasteiger charge is 2.22. The predicted octanol–water partition coefficient (Wildman–Crippen LogP) is 5.77. The Morgan fingerprint density at radius 3 is 2.51 bits per heavy atom. The first-order chi connectivity index (χ1) is 18.0. The lowest BCUT2D eigenvalue weighted by Gasteiger charge is -2.37. The zero-order valence-electron chi connectivity index (χ0n) is 20.4. The van der Waals surface area contributed by atoms with Crippen molar-refractivity contribution >= 4 is 33.5 Å². The Morgan fingerprint density at radius 2 is 1.73 bits per heavy atom. The van der Waals surface area contributed by atoms with Crippen molar-refractivity contribution in [2.45, 2.75) is 13.0 Å². The summed E-state index contributed by atoms with van der Waals surface area (Å²) in [7, 11) is 0. The van der Waals surface area contributed by atoms with E-state index in [1.54, 1.807) is 30.5 Å². The number of aromatic carboxylic acids is 1. The lowest BCUT2D eigenvalue weighted by molar-refractivity contribution is 0.0697. The number of carboxylic acid groups (broad SMARTS) is 1. The van der Waals surface area contributed by atoms with Crippen molar-refractivity contribution in [3.63, 3.8) is 0 Å². The number of piperazine rings is 1. The Labute approximate surface area is 214 Å². The fourth-order valence-corrected chi connectivity index (χ4v) is 4.55. The monoisotopic (exact) mass is 494 g/mol. The lowest BCUT2D eigenvalue weighted by atomic mass is 10.0. The van der Waals surface area contributed by atoms with E-state index in [9.17, 15) is 9.18 Å². The maximum Gasteiger partial charge on any atom is 0.335 e. The number of carbonyl (C=O) groups is 1. The summed E-state index contributed by atoms with van der Waals surface area (Å²) in [5, 5.41) is 14.1. The lowest BCUT2D eigenvalue weighted by Crippen LogP contribution is -2.50. The van der Waals surface area contributed by atoms with Crippen LogP contribution in [0.2, 0.25) is 0 Å². The standard InChI is InChI=1S/C20H20FN3.C10H7NO2/c1-14-13-22-10-11-24(14)19-12-16-4-2-3-5-18(16)23-20(19)15-6-8-17(21)9-7-15;12-10(13)8-3-4-9-7(6-8)2-1-5-11-9/h2-9,12,14,22H,10-11,13H2,1H3;1-6H,(H,12,13)/t14-;/m0./s1. The highest BCUT2D eigenvalue weighted by molar-refractivity contribution is 5.93. The quantitative estimate of drug-likeness (QED) is 0.331. The van der Waals surface area contributed by atoms with Gasteiger partial charge in [-0.1, -0.05) is 24.3 Å². The van der Waals surface area contributed by atoms with Crippen LogP contribution in [0.1, 0.15) is 17.3 Å². The van der Waals surface area contributed by atoms with Crippen LogP contribution >= 0.6 is 0 Å². The van der Waals surface area contributed by atoms with Crippen LogP contribution in [0.4, 0.5) is 10.1 Å². The van der Waals surface area contributed by atoms with Gasteiger partial charge in [-0.05, 0) is 67.6 Å². The number of fused-ring (bicyclic) bond motifs is 2. The second-order valence-electron chi connectivity index (χ2n) is 9.02. The Balaban J connectivity index is 0.000000182. The molecule has 3 heterocycles. The molecule has 0 aliphatic carbocycles. The molecular formula is C30H27FN4O2. The van der Waals surface area contributed by atoms with Crippen LogP contribution in [0.5, 0.6) is 0 Å². The fraction of sp³-hybridized carbons (Fsp3) is 0.167. The number of nitrogens with zero attached hydrogens (tertiary/aromatic N) is 3. The van der Waals surface area contributed by atoms with Gasteiger partial charge in [0.1, 0.15) is 5.82 Å². The number of anilines is 1. The van der Waals surface area contributed by atoms with Gasteiger partial charge in [-0.15, -0.1) is 0 Å². The minimum absolute atomic E-state index is 0.225. The van der Waals surface area contributed by atoms with E-state index in [-0.39, 0.29) is 5.82 Å². The zero-order valence-corrected chi connectivity index (χ0v) is 20.4. The Hall–Kier alpha value is -4.36. The number of benzene rings is 3. The summed E-state index contributed by atoms with van der Waals surface area (Å²) in [6.45, 7) is 5.07. The average molecular weight is 495 g/mol. The number of hydrogen-bond acceptors (Lipinski definition) is 5. The van der Waals surface area contributed by atoms with E-state index < -0.39 is 5.97 Å². The van der Waals surface area contributed by atoms with Crippen LogP contribution in [0.25, 0.3) is 33.1 Å². The second-order valence-corrected chi connectivity index (χ2v) is 9.02. The molecule has 1 aliphatic heterocycles. The van der Waals surface area contributed by atoms with Crippen molar-refractivity contribution in [3.8, 4) is 11.3 Å². The highest BCUT2D eigenvalue weighted by Crippen LogP contribution is 2.34. The van der Waals surface area contributed by atoms with Crippen LogP contribution in [-0.2, 0) is 0 Å². The van der Waals surface area contributed by atoms with Crippen LogP contribution in [0.3, 0.4) is 0 Å². The van der Waals surface area contributed by atoms with E-state index in [1.165, 1.54) is 12.1 Å². The first kappa shape index (κ1) is 24.3. The smallest absolute Gasteiger partial charge is 0.335 e. The van der Waals surface area contributed by atoms with Gasteiger partial charge >= 0.3 is 5.97 Å². The number of para-hydroxylation sites is 1. The SMILES string of the molecule is C[C@H]1CNCCN1c1cc2ccccc2nc1-c1ccc(F)cc1.O=C(O)c1ccc2ncccc2c1. The summed E-state index contributed by atoms with van der Waals surface area (Å²) in [5.41, 5.74) is 5.05. The molecule has 6 rings (SSSR count). The van der Waals surface area contributed by atoms with Crippen LogP contribution in [-0.4, -0.2) is 46.7 Å². The molecule has 0 spiro atoms. The van der Waals surface area contributed by atoms with Crippen LogP contribution < -0.4 is 10.2 Å². The minimum Gasteiger partial charge on any atom is -0.478 e. The van der Waals surface area contributed by atoms with Crippen LogP contribution in [0, 0.1) is 5.82 Å². The molecular weight excluding hydrogens is 467 g/mol. The maximum absolute atomic E-state index is 13.3. The van der Waals surface area contributed by atoms with Gasteiger partial charge in [-0.25, -0.2) is 14.2 Å². The number of nitrogens with one attached hydrogen (secondary N) is 1. The molecule has 0 unspecified atom stereocenters. The molecule has 37 heavy (non-hydrogen) atoms. The second kappa shape index (κ2) is 10.7. The molecule has 0 bridgehead atoms. The van der Waals surface area contributed by atoms with Crippen molar-refractivity contribution < 1.29 is 14.3 Å². The average Bonchev–Trinajstić information content (AvgIpc) is 2.93. The van der Waals surface area contributed by atoms with Gasteiger partial charge < -0.3 is 15.3 Å². The van der Waals surface area contributed by atoms with E-state index in [2.05, 4.69) is 34.3 Å². The van der Waals surface area contributed by atoms with Crippen molar-refractivity contribution in [1.29, 1.82) is 0 Å². The summed E-state index contributed by atoms with van der Waals surface area (Å²) in [5.74, 6) is -1.14. The van der Waals surface area contributed by atoms with Gasteiger partial charge in [0.15, 0.2) is 0 Å². The summed E-state index contributed by atoms with van der Waals surface area (Å²) in [4.78, 5) is 22.0. The van der Waals surface area contributed by atoms with Crippen molar-refractivity contribution in [3.05, 3.63) is 103 Å². The third-order valence-corrected chi connectivity index (χ3v) is 6.48. The Morgan fingerprint density at radius 1 is 0.973 bits per heavy atom. The zero-order chi connectivity index (χ0) is 25.8. The highest BCUT2D eigenvalue weighted by atomic mass is 19.1. The molecule has 2 aromatic heterocycles. The number of halogens is 1. The van der Waals surface area contributed by atoms with Gasteiger partial charge in [0.05, 0.1) is 28.0 Å². The number of aromatic nitrogens is 2. The molecule has 0 saturated carbocycles. The number of pyridine rings is 2. The summed E-state index contributed by atoms with van der Waals surface area (Å²) < 4.78 is 13.3. The molecule has 7 heteroatoms. The number of carboxylic acids is 1.